The van der Waals surface area contributed by atoms with Crippen LogP contribution in [0.2, 0.25) is 0 Å². The van der Waals surface area contributed by atoms with Gasteiger partial charge in [0.25, 0.3) is 0 Å². The molecule has 1 aliphatic carbocycles. The number of nitrogens with one attached hydrogen (secondary N) is 1. The zero-order valence-electron chi connectivity index (χ0n) is 10.7. The van der Waals surface area contributed by atoms with Crippen LogP contribution in [0.3, 0.4) is 0 Å². The highest BCUT2D eigenvalue weighted by Gasteiger charge is 2.17. The van der Waals surface area contributed by atoms with Crippen LogP contribution in [0.25, 0.3) is 0 Å². The maximum Gasteiger partial charge on any atom is 0.0897 e. The summed E-state index contributed by atoms with van der Waals surface area (Å²) < 4.78 is 5.16. The second kappa shape index (κ2) is 8.04. The maximum atomic E-state index is 9.56. The van der Waals surface area contributed by atoms with Crippen LogP contribution in [0.5, 0.6) is 0 Å². The molecule has 1 rings (SSSR count). The van der Waals surface area contributed by atoms with Crippen LogP contribution in [0.4, 0.5) is 0 Å². The van der Waals surface area contributed by atoms with Gasteiger partial charge in [0.1, 0.15) is 0 Å². The van der Waals surface area contributed by atoms with Gasteiger partial charge in [-0.3, -0.25) is 0 Å². The molecule has 1 saturated carbocycles. The molecule has 16 heavy (non-hydrogen) atoms. The number of hydrogen-bond acceptors (Lipinski definition) is 3. The average molecular weight is 229 g/mol. The van der Waals surface area contributed by atoms with Crippen LogP contribution < -0.4 is 5.32 Å². The van der Waals surface area contributed by atoms with E-state index in [2.05, 4.69) is 12.2 Å². The van der Waals surface area contributed by atoms with Gasteiger partial charge in [0, 0.05) is 13.2 Å². The zero-order valence-corrected chi connectivity index (χ0v) is 10.7. The fourth-order valence-electron chi connectivity index (χ4n) is 2.30. The fraction of sp³-hybridized carbons (Fsp3) is 1.00. The van der Waals surface area contributed by atoms with Gasteiger partial charge in [-0.25, -0.2) is 0 Å². The number of aliphatic hydroxyl groups is 1. The molecule has 3 nitrogen and oxygen atoms in total. The van der Waals surface area contributed by atoms with Gasteiger partial charge in [0.2, 0.25) is 0 Å². The summed E-state index contributed by atoms with van der Waals surface area (Å²) in [5.74, 6) is 1.73. The van der Waals surface area contributed by atoms with Crippen molar-refractivity contribution in [3.63, 3.8) is 0 Å². The predicted octanol–water partition coefficient (Wildman–Crippen LogP) is 1.80. The quantitative estimate of drug-likeness (QED) is 0.699. The Bertz CT molecular complexity index is 167. The van der Waals surface area contributed by atoms with E-state index < -0.39 is 0 Å². The molecule has 0 amide bonds. The second-order valence-electron chi connectivity index (χ2n) is 5.10. The second-order valence-corrected chi connectivity index (χ2v) is 5.10. The van der Waals surface area contributed by atoms with Gasteiger partial charge >= 0.3 is 0 Å². The third-order valence-corrected chi connectivity index (χ3v) is 3.46. The van der Waals surface area contributed by atoms with E-state index in [1.54, 1.807) is 0 Å². The fourth-order valence-corrected chi connectivity index (χ4v) is 2.30. The summed E-state index contributed by atoms with van der Waals surface area (Å²) in [6.07, 6.45) is 5.06. The van der Waals surface area contributed by atoms with Gasteiger partial charge < -0.3 is 15.2 Å². The Kier molecular flexibility index (Phi) is 7.01. The van der Waals surface area contributed by atoms with Crippen molar-refractivity contribution >= 4 is 0 Å². The minimum absolute atomic E-state index is 0.359. The molecular weight excluding hydrogens is 202 g/mol. The summed E-state index contributed by atoms with van der Waals surface area (Å²) in [5, 5.41) is 12.9. The molecule has 3 heteroatoms. The summed E-state index contributed by atoms with van der Waals surface area (Å²) >= 11 is 0. The van der Waals surface area contributed by atoms with Crippen molar-refractivity contribution in [2.75, 3.05) is 26.3 Å². The van der Waals surface area contributed by atoms with E-state index in [9.17, 15) is 5.11 Å². The molecule has 0 heterocycles. The minimum atomic E-state index is -0.359. The van der Waals surface area contributed by atoms with Gasteiger partial charge in [0.05, 0.1) is 12.7 Å². The van der Waals surface area contributed by atoms with Gasteiger partial charge in [-0.05, 0) is 38.1 Å². The van der Waals surface area contributed by atoms with Crippen molar-refractivity contribution in [3.05, 3.63) is 0 Å². The monoisotopic (exact) mass is 229 g/mol. The Balaban J connectivity index is 1.98. The molecule has 0 radical (unpaired) electrons. The van der Waals surface area contributed by atoms with Crippen LogP contribution in [-0.2, 0) is 4.74 Å². The highest BCUT2D eigenvalue weighted by Crippen LogP contribution is 2.27. The zero-order chi connectivity index (χ0) is 11.8. The van der Waals surface area contributed by atoms with Crippen molar-refractivity contribution in [1.29, 1.82) is 0 Å². The molecular formula is C13H27NO2. The van der Waals surface area contributed by atoms with Crippen LogP contribution in [0.15, 0.2) is 0 Å². The Morgan fingerprint density at radius 2 is 2.00 bits per heavy atom. The van der Waals surface area contributed by atoms with Gasteiger partial charge in [-0.15, -0.1) is 0 Å². The molecule has 1 atom stereocenters. The van der Waals surface area contributed by atoms with E-state index in [4.69, 9.17) is 4.74 Å². The number of aliphatic hydroxyl groups excluding tert-OH is 1. The normalized spacial score (nSPS) is 27.9. The highest BCUT2D eigenvalue weighted by molar-refractivity contribution is 4.72. The van der Waals surface area contributed by atoms with Crippen LogP contribution in [-0.4, -0.2) is 37.5 Å². The predicted molar refractivity (Wildman–Crippen MR) is 66.5 cm³/mol. The van der Waals surface area contributed by atoms with Crippen molar-refractivity contribution in [3.8, 4) is 0 Å². The topological polar surface area (TPSA) is 41.5 Å². The summed E-state index contributed by atoms with van der Waals surface area (Å²) in [7, 11) is 0. The van der Waals surface area contributed by atoms with Crippen LogP contribution in [0.1, 0.15) is 39.5 Å². The third-order valence-electron chi connectivity index (χ3n) is 3.46. The van der Waals surface area contributed by atoms with E-state index in [1.807, 2.05) is 6.92 Å². The van der Waals surface area contributed by atoms with Gasteiger partial charge in [-0.1, -0.05) is 19.8 Å². The first kappa shape index (κ1) is 13.9. The molecule has 0 bridgehead atoms. The summed E-state index contributed by atoms with van der Waals surface area (Å²) in [6.45, 7) is 7.13. The van der Waals surface area contributed by atoms with Crippen LogP contribution in [0, 0.1) is 11.8 Å². The lowest BCUT2D eigenvalue weighted by molar-refractivity contribution is 0.0421. The summed E-state index contributed by atoms with van der Waals surface area (Å²) in [5.41, 5.74) is 0. The largest absolute Gasteiger partial charge is 0.389 e. The smallest absolute Gasteiger partial charge is 0.0897 e. The molecule has 2 N–H and O–H groups in total. The molecule has 0 aromatic rings. The van der Waals surface area contributed by atoms with E-state index in [0.717, 1.165) is 18.4 Å². The van der Waals surface area contributed by atoms with Crippen molar-refractivity contribution in [1.82, 2.24) is 5.32 Å². The first-order valence-corrected chi connectivity index (χ1v) is 6.68. The SMILES string of the molecule is CCOCC(O)CNCC1CCC(C)CC1. The Labute approximate surface area is 99.6 Å². The number of ether oxygens (including phenoxy) is 1. The van der Waals surface area contributed by atoms with Gasteiger partial charge in [0.15, 0.2) is 0 Å². The average Bonchev–Trinajstić information content (AvgIpc) is 2.29. The molecule has 0 aromatic heterocycles. The molecule has 0 spiro atoms. The lowest BCUT2D eigenvalue weighted by Crippen LogP contribution is -2.34. The first-order valence-electron chi connectivity index (χ1n) is 6.68. The molecule has 0 saturated heterocycles. The molecule has 96 valence electrons. The molecule has 0 aliphatic heterocycles. The minimum Gasteiger partial charge on any atom is -0.389 e. The highest BCUT2D eigenvalue weighted by atomic mass is 16.5. The molecule has 1 unspecified atom stereocenters. The first-order chi connectivity index (χ1) is 7.72. The molecule has 1 aliphatic rings. The number of hydrogen-bond donors (Lipinski definition) is 2. The summed E-state index contributed by atoms with van der Waals surface area (Å²) in [6, 6.07) is 0. The van der Waals surface area contributed by atoms with Crippen molar-refractivity contribution in [2.24, 2.45) is 11.8 Å². The standard InChI is InChI=1S/C13H27NO2/c1-3-16-10-13(15)9-14-8-12-6-4-11(2)5-7-12/h11-15H,3-10H2,1-2H3. The van der Waals surface area contributed by atoms with Gasteiger partial charge in [-0.2, -0.15) is 0 Å². The van der Waals surface area contributed by atoms with E-state index in [-0.39, 0.29) is 6.10 Å². The lowest BCUT2D eigenvalue weighted by atomic mass is 9.83. The summed E-state index contributed by atoms with van der Waals surface area (Å²) in [4.78, 5) is 0. The van der Waals surface area contributed by atoms with E-state index in [0.29, 0.717) is 19.8 Å². The molecule has 0 aromatic carbocycles. The van der Waals surface area contributed by atoms with Crippen LogP contribution >= 0.6 is 0 Å². The van der Waals surface area contributed by atoms with Crippen molar-refractivity contribution in [2.45, 2.75) is 45.6 Å². The molecule has 1 fully saturated rings. The maximum absolute atomic E-state index is 9.56. The Morgan fingerprint density at radius 3 is 2.62 bits per heavy atom. The van der Waals surface area contributed by atoms with E-state index >= 15 is 0 Å². The van der Waals surface area contributed by atoms with Crippen molar-refractivity contribution < 1.29 is 9.84 Å². The van der Waals surface area contributed by atoms with E-state index in [1.165, 1.54) is 25.7 Å². The number of rotatable bonds is 7. The lowest BCUT2D eigenvalue weighted by Gasteiger charge is -2.26. The third kappa shape index (κ3) is 5.83. The Morgan fingerprint density at radius 1 is 1.31 bits per heavy atom. The Hall–Kier alpha value is -0.120.